The SMILES string of the molecule is NC1C[C@@H](N2Cc3nc(C(F)(F)F)[nH]c3C2)CC[C@@H]1C1CC(F)=C(F)C=C1F. The molecule has 0 amide bonds. The van der Waals surface area contributed by atoms with E-state index < -0.39 is 41.4 Å². The van der Waals surface area contributed by atoms with Gasteiger partial charge in [-0.25, -0.2) is 18.2 Å². The third kappa shape index (κ3) is 3.47. The zero-order chi connectivity index (χ0) is 20.2. The van der Waals surface area contributed by atoms with Gasteiger partial charge in [-0.3, -0.25) is 4.90 Å². The number of hydrogen-bond donors (Lipinski definition) is 2. The number of H-pyrrole nitrogens is 1. The van der Waals surface area contributed by atoms with Gasteiger partial charge in [0, 0.05) is 43.6 Å². The Bertz CT molecular complexity index is 803. The molecule has 2 heterocycles. The van der Waals surface area contributed by atoms with Crippen molar-refractivity contribution in [2.45, 2.75) is 57.0 Å². The number of nitrogens with one attached hydrogen (secondary N) is 1. The average molecular weight is 406 g/mol. The van der Waals surface area contributed by atoms with Gasteiger partial charge in [-0.1, -0.05) is 0 Å². The first kappa shape index (κ1) is 19.5. The third-order valence-corrected chi connectivity index (χ3v) is 6.08. The minimum atomic E-state index is -4.50. The number of rotatable bonds is 2. The summed E-state index contributed by atoms with van der Waals surface area (Å²) in [4.78, 5) is 8.00. The Morgan fingerprint density at radius 1 is 1.14 bits per heavy atom. The highest BCUT2D eigenvalue weighted by Crippen LogP contribution is 2.43. The molecule has 1 aliphatic heterocycles. The summed E-state index contributed by atoms with van der Waals surface area (Å²) in [5.74, 6) is -4.86. The van der Waals surface area contributed by atoms with Gasteiger partial charge in [-0.05, 0) is 25.2 Å². The van der Waals surface area contributed by atoms with Crippen LogP contribution in [0, 0.1) is 11.8 Å². The van der Waals surface area contributed by atoms with E-state index in [0.717, 1.165) is 0 Å². The lowest BCUT2D eigenvalue weighted by Gasteiger charge is -2.41. The van der Waals surface area contributed by atoms with E-state index in [1.54, 1.807) is 0 Å². The van der Waals surface area contributed by atoms with E-state index in [1.807, 2.05) is 4.90 Å². The number of fused-ring (bicyclic) bond motifs is 1. The summed E-state index contributed by atoms with van der Waals surface area (Å²) in [5, 5.41) is 0. The minimum absolute atomic E-state index is 0.0240. The number of aromatic amines is 1. The van der Waals surface area contributed by atoms with E-state index in [1.165, 1.54) is 0 Å². The fraction of sp³-hybridized carbons (Fsp3) is 0.611. The van der Waals surface area contributed by atoms with Crippen LogP contribution in [0.15, 0.2) is 23.6 Å². The number of allylic oxidation sites excluding steroid dienone is 4. The largest absolute Gasteiger partial charge is 0.449 e. The van der Waals surface area contributed by atoms with Gasteiger partial charge < -0.3 is 10.7 Å². The van der Waals surface area contributed by atoms with Gasteiger partial charge in [0.05, 0.1) is 11.4 Å². The number of alkyl halides is 3. The molecule has 3 N–H and O–H groups in total. The summed E-state index contributed by atoms with van der Waals surface area (Å²) in [5.41, 5.74) is 7.08. The molecule has 0 saturated heterocycles. The van der Waals surface area contributed by atoms with Gasteiger partial charge in [0.25, 0.3) is 0 Å². The standard InChI is InChI=1S/C18H20F6N4/c19-11-5-13(21)12(20)4-10(11)9-2-1-8(3-14(9)25)28-6-15-16(7-28)27-17(26-15)18(22,23)24/h5,8-10,14H,1-4,6-7,25H2,(H,26,27)/t8-,9+,10?,14?/m0/s1. The van der Waals surface area contributed by atoms with Crippen LogP contribution in [0.25, 0.3) is 0 Å². The minimum Gasteiger partial charge on any atom is -0.337 e. The highest BCUT2D eigenvalue weighted by Gasteiger charge is 2.42. The van der Waals surface area contributed by atoms with Crippen molar-refractivity contribution in [2.75, 3.05) is 0 Å². The van der Waals surface area contributed by atoms with E-state index in [4.69, 9.17) is 5.73 Å². The van der Waals surface area contributed by atoms with Crippen LogP contribution >= 0.6 is 0 Å². The highest BCUT2D eigenvalue weighted by atomic mass is 19.4. The zero-order valence-electron chi connectivity index (χ0n) is 14.9. The maximum absolute atomic E-state index is 14.1. The topological polar surface area (TPSA) is 57.9 Å². The first-order valence-electron chi connectivity index (χ1n) is 9.19. The Labute approximate surface area is 157 Å². The van der Waals surface area contributed by atoms with Crippen LogP contribution in [0.3, 0.4) is 0 Å². The third-order valence-electron chi connectivity index (χ3n) is 6.08. The molecule has 28 heavy (non-hydrogen) atoms. The molecular weight excluding hydrogens is 386 g/mol. The highest BCUT2D eigenvalue weighted by molar-refractivity contribution is 5.26. The van der Waals surface area contributed by atoms with E-state index in [9.17, 15) is 26.3 Å². The van der Waals surface area contributed by atoms with Gasteiger partial charge in [-0.2, -0.15) is 13.2 Å². The lowest BCUT2D eigenvalue weighted by Crippen LogP contribution is -2.47. The van der Waals surface area contributed by atoms with Gasteiger partial charge in [-0.15, -0.1) is 0 Å². The molecule has 0 aromatic carbocycles. The summed E-state index contributed by atoms with van der Waals surface area (Å²) >= 11 is 0. The van der Waals surface area contributed by atoms with Crippen molar-refractivity contribution in [3.63, 3.8) is 0 Å². The molecule has 2 unspecified atom stereocenters. The molecule has 0 radical (unpaired) electrons. The number of aromatic nitrogens is 2. The lowest BCUT2D eigenvalue weighted by atomic mass is 9.72. The van der Waals surface area contributed by atoms with Crippen LogP contribution in [-0.4, -0.2) is 27.0 Å². The van der Waals surface area contributed by atoms with Gasteiger partial charge >= 0.3 is 6.18 Å². The smallest absolute Gasteiger partial charge is 0.337 e. The summed E-state index contributed by atoms with van der Waals surface area (Å²) in [6.07, 6.45) is -2.52. The van der Waals surface area contributed by atoms with Crippen molar-refractivity contribution < 1.29 is 26.3 Å². The van der Waals surface area contributed by atoms with Crippen LogP contribution < -0.4 is 5.73 Å². The van der Waals surface area contributed by atoms with Crippen molar-refractivity contribution >= 4 is 0 Å². The van der Waals surface area contributed by atoms with Crippen LogP contribution in [0.2, 0.25) is 0 Å². The van der Waals surface area contributed by atoms with Crippen LogP contribution in [0.5, 0.6) is 0 Å². The molecule has 1 fully saturated rings. The molecule has 0 bridgehead atoms. The first-order valence-corrected chi connectivity index (χ1v) is 9.19. The predicted octanol–water partition coefficient (Wildman–Crippen LogP) is 4.26. The van der Waals surface area contributed by atoms with Gasteiger partial charge in [0.2, 0.25) is 5.82 Å². The monoisotopic (exact) mass is 406 g/mol. The lowest BCUT2D eigenvalue weighted by molar-refractivity contribution is -0.144. The summed E-state index contributed by atoms with van der Waals surface area (Å²) < 4.78 is 79.2. The Kier molecular flexibility index (Phi) is 4.81. The molecular formula is C18H20F6N4. The van der Waals surface area contributed by atoms with Crippen molar-refractivity contribution in [3.8, 4) is 0 Å². The Morgan fingerprint density at radius 3 is 2.54 bits per heavy atom. The maximum Gasteiger partial charge on any atom is 0.449 e. The second-order valence-electron chi connectivity index (χ2n) is 7.80. The van der Waals surface area contributed by atoms with E-state index in [0.29, 0.717) is 49.8 Å². The fourth-order valence-electron chi connectivity index (χ4n) is 4.64. The van der Waals surface area contributed by atoms with Gasteiger partial charge in [0.1, 0.15) is 11.7 Å². The number of imidazole rings is 1. The summed E-state index contributed by atoms with van der Waals surface area (Å²) in [7, 11) is 0. The molecule has 1 saturated carbocycles. The fourth-order valence-corrected chi connectivity index (χ4v) is 4.64. The molecule has 154 valence electrons. The number of nitrogens with zero attached hydrogens (tertiary/aromatic N) is 2. The predicted molar refractivity (Wildman–Crippen MR) is 88.5 cm³/mol. The summed E-state index contributed by atoms with van der Waals surface area (Å²) in [6, 6.07) is -0.384. The Morgan fingerprint density at radius 2 is 1.89 bits per heavy atom. The molecule has 4 nitrogen and oxygen atoms in total. The van der Waals surface area contributed by atoms with Crippen LogP contribution in [0.4, 0.5) is 26.3 Å². The van der Waals surface area contributed by atoms with Crippen molar-refractivity contribution in [1.82, 2.24) is 14.9 Å². The van der Waals surface area contributed by atoms with E-state index in [2.05, 4.69) is 9.97 Å². The Balaban J connectivity index is 1.39. The van der Waals surface area contributed by atoms with Gasteiger partial charge in [0.15, 0.2) is 5.83 Å². The second kappa shape index (κ2) is 6.91. The van der Waals surface area contributed by atoms with E-state index >= 15 is 0 Å². The Hall–Kier alpha value is -1.81. The van der Waals surface area contributed by atoms with Crippen LogP contribution in [0.1, 0.15) is 42.9 Å². The van der Waals surface area contributed by atoms with Crippen molar-refractivity contribution in [3.05, 3.63) is 40.8 Å². The summed E-state index contributed by atoms with van der Waals surface area (Å²) in [6.45, 7) is 0.616. The molecule has 10 heteroatoms. The van der Waals surface area contributed by atoms with Crippen molar-refractivity contribution in [2.24, 2.45) is 17.6 Å². The molecule has 4 rings (SSSR count). The van der Waals surface area contributed by atoms with Crippen LogP contribution in [-0.2, 0) is 19.3 Å². The first-order chi connectivity index (χ1) is 13.1. The number of halogens is 6. The number of nitrogens with two attached hydrogens (primary N) is 1. The number of hydrogen-bond acceptors (Lipinski definition) is 3. The maximum atomic E-state index is 14.1. The van der Waals surface area contributed by atoms with E-state index in [-0.39, 0.29) is 18.4 Å². The zero-order valence-corrected chi connectivity index (χ0v) is 14.9. The molecule has 1 aromatic heterocycles. The molecule has 4 atom stereocenters. The average Bonchev–Trinajstić information content (AvgIpc) is 3.17. The second-order valence-corrected chi connectivity index (χ2v) is 7.80. The van der Waals surface area contributed by atoms with Crippen molar-refractivity contribution in [1.29, 1.82) is 0 Å². The quantitative estimate of drug-likeness (QED) is 0.722. The molecule has 1 aromatic rings. The molecule has 2 aliphatic carbocycles. The molecule has 3 aliphatic rings. The molecule has 0 spiro atoms. The normalized spacial score (nSPS) is 31.9.